The lowest BCUT2D eigenvalue weighted by atomic mass is 10.2. The summed E-state index contributed by atoms with van der Waals surface area (Å²) in [6.45, 7) is 5.51. The Balaban J connectivity index is 1.51. The van der Waals surface area contributed by atoms with Crippen LogP contribution in [0.5, 0.6) is 0 Å². The zero-order chi connectivity index (χ0) is 19.7. The largest absolute Gasteiger partial charge is 0.310 e. The molecule has 28 heavy (non-hydrogen) atoms. The van der Waals surface area contributed by atoms with Crippen molar-refractivity contribution >= 4 is 44.9 Å². The first-order valence-corrected chi connectivity index (χ1v) is 11.3. The standard InChI is InChI=1S/C22H25N3OS2/c1-15-12-13-25(18-9-5-7-11-20(18)27-15)21(26)14-24(3)16(2)22-23-17-8-4-6-10-19(17)28-22/h4-11,15-16H,12-14H2,1-3H3/t15-,16-/m0/s1. The second-order valence-electron chi connectivity index (χ2n) is 7.34. The summed E-state index contributed by atoms with van der Waals surface area (Å²) in [5, 5.41) is 1.57. The molecule has 1 amide bonds. The van der Waals surface area contributed by atoms with Crippen LogP contribution in [0.2, 0.25) is 0 Å². The molecule has 1 aromatic heterocycles. The molecule has 0 saturated heterocycles. The summed E-state index contributed by atoms with van der Waals surface area (Å²) in [5.41, 5.74) is 2.07. The molecule has 0 aliphatic carbocycles. The fourth-order valence-corrected chi connectivity index (χ4v) is 5.64. The third-order valence-electron chi connectivity index (χ3n) is 5.26. The molecule has 0 saturated carbocycles. The van der Waals surface area contributed by atoms with Crippen LogP contribution in [0.4, 0.5) is 5.69 Å². The second-order valence-corrected chi connectivity index (χ2v) is 9.88. The van der Waals surface area contributed by atoms with E-state index in [9.17, 15) is 4.79 Å². The molecule has 4 rings (SSSR count). The summed E-state index contributed by atoms with van der Waals surface area (Å²) in [5.74, 6) is 0.151. The van der Waals surface area contributed by atoms with Gasteiger partial charge in [0.25, 0.3) is 0 Å². The summed E-state index contributed by atoms with van der Waals surface area (Å²) >= 11 is 3.57. The lowest BCUT2D eigenvalue weighted by Crippen LogP contribution is -2.40. The van der Waals surface area contributed by atoms with Gasteiger partial charge in [0.05, 0.1) is 28.5 Å². The number of thiazole rings is 1. The van der Waals surface area contributed by atoms with Crippen molar-refractivity contribution in [3.8, 4) is 0 Å². The van der Waals surface area contributed by atoms with Crippen LogP contribution < -0.4 is 4.90 Å². The van der Waals surface area contributed by atoms with Crippen LogP contribution in [-0.2, 0) is 4.79 Å². The molecular formula is C22H25N3OS2. The van der Waals surface area contributed by atoms with Crippen molar-refractivity contribution in [2.75, 3.05) is 25.0 Å². The molecule has 146 valence electrons. The Morgan fingerprint density at radius 3 is 2.82 bits per heavy atom. The van der Waals surface area contributed by atoms with E-state index in [1.807, 2.05) is 54.0 Å². The Morgan fingerprint density at radius 1 is 1.25 bits per heavy atom. The number of anilines is 1. The molecular weight excluding hydrogens is 386 g/mol. The average Bonchev–Trinajstić information content (AvgIpc) is 3.04. The molecule has 1 aliphatic rings. The van der Waals surface area contributed by atoms with Gasteiger partial charge in [0.2, 0.25) is 5.91 Å². The van der Waals surface area contributed by atoms with Gasteiger partial charge in [-0.3, -0.25) is 9.69 Å². The van der Waals surface area contributed by atoms with Gasteiger partial charge in [0, 0.05) is 16.7 Å². The number of likely N-dealkylation sites (N-methyl/N-ethyl adjacent to an activating group) is 1. The molecule has 6 heteroatoms. The van der Waals surface area contributed by atoms with Crippen molar-refractivity contribution in [1.29, 1.82) is 0 Å². The van der Waals surface area contributed by atoms with E-state index in [2.05, 4.69) is 36.9 Å². The maximum absolute atomic E-state index is 13.2. The number of carbonyl (C=O) groups excluding carboxylic acids is 1. The molecule has 0 spiro atoms. The number of benzene rings is 2. The predicted octanol–water partition coefficient (Wildman–Crippen LogP) is 5.21. The van der Waals surface area contributed by atoms with E-state index in [0.29, 0.717) is 11.8 Å². The highest BCUT2D eigenvalue weighted by Crippen LogP contribution is 2.37. The smallest absolute Gasteiger partial charge is 0.241 e. The zero-order valence-electron chi connectivity index (χ0n) is 16.5. The summed E-state index contributed by atoms with van der Waals surface area (Å²) < 4.78 is 1.19. The van der Waals surface area contributed by atoms with Crippen molar-refractivity contribution in [2.45, 2.75) is 36.5 Å². The van der Waals surface area contributed by atoms with Crippen LogP contribution in [0.25, 0.3) is 10.2 Å². The van der Waals surface area contributed by atoms with E-state index in [4.69, 9.17) is 4.98 Å². The van der Waals surface area contributed by atoms with Gasteiger partial charge in [0.15, 0.2) is 0 Å². The molecule has 0 radical (unpaired) electrons. The van der Waals surface area contributed by atoms with Gasteiger partial charge in [-0.2, -0.15) is 0 Å². The van der Waals surface area contributed by atoms with Gasteiger partial charge < -0.3 is 4.90 Å². The quantitative estimate of drug-likeness (QED) is 0.591. The van der Waals surface area contributed by atoms with Crippen LogP contribution in [0.15, 0.2) is 53.4 Å². The fourth-order valence-electron chi connectivity index (χ4n) is 3.44. The Hall–Kier alpha value is -1.89. The highest BCUT2D eigenvalue weighted by Gasteiger charge is 2.26. The Kier molecular flexibility index (Phi) is 5.71. The normalized spacial score (nSPS) is 18.1. The number of aromatic nitrogens is 1. The number of thioether (sulfide) groups is 1. The fraction of sp³-hybridized carbons (Fsp3) is 0.364. The third kappa shape index (κ3) is 3.95. The van der Waals surface area contributed by atoms with Gasteiger partial charge in [-0.15, -0.1) is 23.1 Å². The maximum Gasteiger partial charge on any atom is 0.241 e. The summed E-state index contributed by atoms with van der Waals surface area (Å²) in [6, 6.07) is 16.5. The van der Waals surface area contributed by atoms with Crippen LogP contribution in [-0.4, -0.2) is 41.2 Å². The first-order valence-electron chi connectivity index (χ1n) is 9.64. The van der Waals surface area contributed by atoms with Crippen LogP contribution >= 0.6 is 23.1 Å². The number of amides is 1. The zero-order valence-corrected chi connectivity index (χ0v) is 18.1. The first kappa shape index (κ1) is 19.4. The van der Waals surface area contributed by atoms with Gasteiger partial charge in [-0.1, -0.05) is 31.2 Å². The van der Waals surface area contributed by atoms with Crippen molar-refractivity contribution in [3.63, 3.8) is 0 Å². The number of nitrogens with zero attached hydrogens (tertiary/aromatic N) is 3. The summed E-state index contributed by atoms with van der Waals surface area (Å²) in [6.07, 6.45) is 1.00. The van der Waals surface area contributed by atoms with Crippen molar-refractivity contribution < 1.29 is 4.79 Å². The van der Waals surface area contributed by atoms with E-state index >= 15 is 0 Å². The number of rotatable bonds is 4. The molecule has 0 bridgehead atoms. The maximum atomic E-state index is 13.2. The van der Waals surface area contributed by atoms with E-state index in [0.717, 1.165) is 29.2 Å². The first-order chi connectivity index (χ1) is 13.5. The molecule has 2 atom stereocenters. The number of hydrogen-bond acceptors (Lipinski definition) is 5. The lowest BCUT2D eigenvalue weighted by molar-refractivity contribution is -0.119. The van der Waals surface area contributed by atoms with Crippen molar-refractivity contribution in [1.82, 2.24) is 9.88 Å². The van der Waals surface area contributed by atoms with Gasteiger partial charge in [0.1, 0.15) is 5.01 Å². The highest BCUT2D eigenvalue weighted by atomic mass is 32.2. The molecule has 0 fully saturated rings. The van der Waals surface area contributed by atoms with E-state index in [1.54, 1.807) is 11.3 Å². The van der Waals surface area contributed by atoms with Crippen LogP contribution in [0.1, 0.15) is 31.3 Å². The van der Waals surface area contributed by atoms with E-state index < -0.39 is 0 Å². The molecule has 3 aromatic rings. The second kappa shape index (κ2) is 8.23. The summed E-state index contributed by atoms with van der Waals surface area (Å²) in [7, 11) is 2.01. The number of fused-ring (bicyclic) bond motifs is 2. The molecule has 0 unspecified atom stereocenters. The molecule has 2 heterocycles. The SMILES string of the molecule is C[C@H]1CCN(C(=O)CN(C)[C@@H](C)c2nc3ccccc3s2)c2ccccc2S1. The molecule has 2 aromatic carbocycles. The van der Waals surface area contributed by atoms with E-state index in [1.165, 1.54) is 9.60 Å². The topological polar surface area (TPSA) is 36.4 Å². The van der Waals surface area contributed by atoms with Crippen LogP contribution in [0.3, 0.4) is 0 Å². The molecule has 0 N–H and O–H groups in total. The van der Waals surface area contributed by atoms with Crippen molar-refractivity contribution in [2.24, 2.45) is 0 Å². The van der Waals surface area contributed by atoms with Crippen LogP contribution in [0, 0.1) is 0 Å². The van der Waals surface area contributed by atoms with E-state index in [-0.39, 0.29) is 11.9 Å². The van der Waals surface area contributed by atoms with Gasteiger partial charge >= 0.3 is 0 Å². The molecule has 4 nitrogen and oxygen atoms in total. The van der Waals surface area contributed by atoms with Gasteiger partial charge in [-0.05, 0) is 44.7 Å². The average molecular weight is 412 g/mol. The minimum atomic E-state index is 0.0943. The number of hydrogen-bond donors (Lipinski definition) is 0. The number of para-hydroxylation sites is 2. The van der Waals surface area contributed by atoms with Gasteiger partial charge in [-0.25, -0.2) is 4.98 Å². The lowest BCUT2D eigenvalue weighted by Gasteiger charge is -2.27. The predicted molar refractivity (Wildman–Crippen MR) is 119 cm³/mol. The minimum absolute atomic E-state index is 0.0943. The number of carbonyl (C=O) groups is 1. The minimum Gasteiger partial charge on any atom is -0.310 e. The monoisotopic (exact) mass is 411 g/mol. The Morgan fingerprint density at radius 2 is 2.00 bits per heavy atom. The Bertz CT molecular complexity index is 954. The third-order valence-corrected chi connectivity index (χ3v) is 7.70. The van der Waals surface area contributed by atoms with Crippen molar-refractivity contribution in [3.05, 3.63) is 53.5 Å². The summed E-state index contributed by atoms with van der Waals surface area (Å²) in [4.78, 5) is 23.2. The highest BCUT2D eigenvalue weighted by molar-refractivity contribution is 8.00. The Labute approximate surface area is 174 Å². The molecule has 1 aliphatic heterocycles.